The maximum absolute atomic E-state index is 12.3. The highest BCUT2D eigenvalue weighted by molar-refractivity contribution is 8.00. The molecule has 0 unspecified atom stereocenters. The summed E-state index contributed by atoms with van der Waals surface area (Å²) >= 11 is 1.06. The molecule has 9 heteroatoms. The van der Waals surface area contributed by atoms with Gasteiger partial charge in [-0.05, 0) is 25.8 Å². The zero-order chi connectivity index (χ0) is 21.3. The molecule has 152 valence electrons. The summed E-state index contributed by atoms with van der Waals surface area (Å²) in [7, 11) is 1.27. The van der Waals surface area contributed by atoms with Crippen molar-refractivity contribution in [1.29, 1.82) is 5.26 Å². The summed E-state index contributed by atoms with van der Waals surface area (Å²) in [5.74, 6) is -1.55. The molecule has 0 bridgehead atoms. The van der Waals surface area contributed by atoms with E-state index >= 15 is 0 Å². The average molecular weight is 407 g/mol. The number of rotatable bonds is 9. The van der Waals surface area contributed by atoms with Crippen LogP contribution in [0, 0.1) is 24.2 Å². The van der Waals surface area contributed by atoms with Crippen LogP contribution in [-0.2, 0) is 19.1 Å². The number of hydrogen-bond donors (Lipinski definition) is 1. The van der Waals surface area contributed by atoms with Gasteiger partial charge in [0, 0.05) is 0 Å². The lowest BCUT2D eigenvalue weighted by molar-refractivity contribution is -0.146. The molecule has 0 fully saturated rings. The minimum Gasteiger partial charge on any atom is -0.467 e. The zero-order valence-electron chi connectivity index (χ0n) is 16.7. The minimum absolute atomic E-state index is 0.0379. The van der Waals surface area contributed by atoms with Crippen molar-refractivity contribution < 1.29 is 23.9 Å². The summed E-state index contributed by atoms with van der Waals surface area (Å²) in [6.07, 6.45) is 0.696. The van der Waals surface area contributed by atoms with Crippen LogP contribution in [0.1, 0.15) is 48.8 Å². The van der Waals surface area contributed by atoms with Crippen LogP contribution in [0.3, 0.4) is 0 Å². The second-order valence-corrected chi connectivity index (χ2v) is 7.01. The number of carbonyl (C=O) groups is 3. The van der Waals surface area contributed by atoms with E-state index in [9.17, 15) is 19.6 Å². The van der Waals surface area contributed by atoms with E-state index in [4.69, 9.17) is 9.47 Å². The van der Waals surface area contributed by atoms with Crippen molar-refractivity contribution in [3.8, 4) is 6.07 Å². The van der Waals surface area contributed by atoms with Crippen molar-refractivity contribution in [2.24, 2.45) is 5.92 Å². The third-order valence-electron chi connectivity index (χ3n) is 4.12. The standard InChI is InChI=1S/C19H25N3O5S/c1-6-11(3)16(19(25)26-5)22-15(23)10-28-17-13(9-20)8-14(12(4)21-17)18(24)27-7-2/h8,11,16H,6-7,10H2,1-5H3,(H,22,23)/t11-,16-/m1/s1. The van der Waals surface area contributed by atoms with E-state index in [1.165, 1.54) is 13.2 Å². The van der Waals surface area contributed by atoms with Crippen LogP contribution < -0.4 is 5.32 Å². The quantitative estimate of drug-likeness (QED) is 0.489. The zero-order valence-corrected chi connectivity index (χ0v) is 17.5. The summed E-state index contributed by atoms with van der Waals surface area (Å²) in [5, 5.41) is 12.4. The van der Waals surface area contributed by atoms with Crippen molar-refractivity contribution in [1.82, 2.24) is 10.3 Å². The number of nitrogens with one attached hydrogen (secondary N) is 1. The fourth-order valence-electron chi connectivity index (χ4n) is 2.33. The number of nitriles is 1. The molecule has 1 heterocycles. The Bertz CT molecular complexity index is 776. The predicted octanol–water partition coefficient (Wildman–Crippen LogP) is 2.23. The molecule has 1 aromatic rings. The molecular formula is C19H25N3O5S. The van der Waals surface area contributed by atoms with Crippen LogP contribution in [0.2, 0.25) is 0 Å². The van der Waals surface area contributed by atoms with Gasteiger partial charge in [0.15, 0.2) is 0 Å². The summed E-state index contributed by atoms with van der Waals surface area (Å²) < 4.78 is 9.70. The first kappa shape index (κ1) is 23.4. The summed E-state index contributed by atoms with van der Waals surface area (Å²) in [4.78, 5) is 40.4. The van der Waals surface area contributed by atoms with Gasteiger partial charge in [-0.1, -0.05) is 32.0 Å². The van der Waals surface area contributed by atoms with Crippen molar-refractivity contribution in [3.63, 3.8) is 0 Å². The molecule has 1 aromatic heterocycles. The largest absolute Gasteiger partial charge is 0.467 e. The Morgan fingerprint density at radius 3 is 2.57 bits per heavy atom. The molecule has 0 radical (unpaired) electrons. The van der Waals surface area contributed by atoms with E-state index < -0.39 is 18.0 Å². The van der Waals surface area contributed by atoms with Gasteiger partial charge in [0.1, 0.15) is 17.1 Å². The second kappa shape index (κ2) is 11.3. The molecule has 0 saturated carbocycles. The van der Waals surface area contributed by atoms with Crippen molar-refractivity contribution in [2.45, 2.75) is 45.2 Å². The molecule has 0 aliphatic heterocycles. The molecule has 1 amide bonds. The van der Waals surface area contributed by atoms with Crippen LogP contribution in [-0.4, -0.2) is 48.3 Å². The Morgan fingerprint density at radius 2 is 2.04 bits per heavy atom. The lowest BCUT2D eigenvalue weighted by atomic mass is 9.99. The van der Waals surface area contributed by atoms with E-state index in [1.54, 1.807) is 13.8 Å². The monoisotopic (exact) mass is 407 g/mol. The highest BCUT2D eigenvalue weighted by Gasteiger charge is 2.27. The third kappa shape index (κ3) is 6.23. The lowest BCUT2D eigenvalue weighted by Crippen LogP contribution is -2.46. The number of aromatic nitrogens is 1. The molecule has 0 saturated heterocycles. The smallest absolute Gasteiger partial charge is 0.340 e. The molecule has 28 heavy (non-hydrogen) atoms. The van der Waals surface area contributed by atoms with E-state index in [-0.39, 0.29) is 35.3 Å². The van der Waals surface area contributed by atoms with Gasteiger partial charge < -0.3 is 14.8 Å². The van der Waals surface area contributed by atoms with E-state index in [0.29, 0.717) is 17.1 Å². The summed E-state index contributed by atoms with van der Waals surface area (Å²) in [5.41, 5.74) is 0.806. The van der Waals surface area contributed by atoms with Crippen LogP contribution in [0.15, 0.2) is 11.1 Å². The van der Waals surface area contributed by atoms with E-state index in [1.807, 2.05) is 19.9 Å². The van der Waals surface area contributed by atoms with Crippen LogP contribution in [0.5, 0.6) is 0 Å². The number of nitrogens with zero attached hydrogens (tertiary/aromatic N) is 2. The first-order chi connectivity index (χ1) is 13.3. The van der Waals surface area contributed by atoms with Crippen molar-refractivity contribution in [2.75, 3.05) is 19.5 Å². The average Bonchev–Trinajstić information content (AvgIpc) is 2.69. The Kier molecular flexibility index (Phi) is 9.45. The number of ether oxygens (including phenoxy) is 2. The van der Waals surface area contributed by atoms with Gasteiger partial charge in [0.25, 0.3) is 0 Å². The van der Waals surface area contributed by atoms with Gasteiger partial charge in [-0.2, -0.15) is 5.26 Å². The Balaban J connectivity index is 2.90. The van der Waals surface area contributed by atoms with Gasteiger partial charge in [-0.25, -0.2) is 14.6 Å². The van der Waals surface area contributed by atoms with Gasteiger partial charge >= 0.3 is 11.9 Å². The van der Waals surface area contributed by atoms with Gasteiger partial charge in [0.2, 0.25) is 5.91 Å². The van der Waals surface area contributed by atoms with Crippen molar-refractivity contribution in [3.05, 3.63) is 22.9 Å². The number of aryl methyl sites for hydroxylation is 1. The van der Waals surface area contributed by atoms with E-state index in [2.05, 4.69) is 10.3 Å². The predicted molar refractivity (Wildman–Crippen MR) is 104 cm³/mol. The fraction of sp³-hybridized carbons (Fsp3) is 0.526. The minimum atomic E-state index is -0.737. The Hall–Kier alpha value is -2.60. The first-order valence-corrected chi connectivity index (χ1v) is 9.86. The molecular weight excluding hydrogens is 382 g/mol. The molecule has 2 atom stereocenters. The highest BCUT2D eigenvalue weighted by atomic mass is 32.2. The number of methoxy groups -OCH3 is 1. The van der Waals surface area contributed by atoms with Gasteiger partial charge in [-0.15, -0.1) is 0 Å². The molecule has 0 aliphatic carbocycles. The molecule has 1 rings (SSSR count). The SMILES string of the molecule is CCOC(=O)c1cc(C#N)c(SCC(=O)N[C@@H](C(=O)OC)[C@H](C)CC)nc1C. The number of carbonyl (C=O) groups excluding carboxylic acids is 3. The summed E-state index contributed by atoms with van der Waals surface area (Å²) in [6.45, 7) is 7.30. The Labute approximate surface area is 169 Å². The fourth-order valence-corrected chi connectivity index (χ4v) is 3.15. The topological polar surface area (TPSA) is 118 Å². The molecule has 1 N–H and O–H groups in total. The normalized spacial score (nSPS) is 12.4. The summed E-state index contributed by atoms with van der Waals surface area (Å²) in [6, 6.07) is 2.66. The maximum atomic E-state index is 12.3. The van der Waals surface area contributed by atoms with Gasteiger partial charge in [0.05, 0.1) is 36.3 Å². The Morgan fingerprint density at radius 1 is 1.36 bits per heavy atom. The van der Waals surface area contributed by atoms with Crippen LogP contribution >= 0.6 is 11.8 Å². The molecule has 0 spiro atoms. The molecule has 8 nitrogen and oxygen atoms in total. The maximum Gasteiger partial charge on any atom is 0.340 e. The van der Waals surface area contributed by atoms with Crippen molar-refractivity contribution >= 4 is 29.6 Å². The van der Waals surface area contributed by atoms with Gasteiger partial charge in [-0.3, -0.25) is 4.79 Å². The number of esters is 2. The molecule has 0 aromatic carbocycles. The molecule has 0 aliphatic rings. The van der Waals surface area contributed by atoms with E-state index in [0.717, 1.165) is 11.8 Å². The number of thioether (sulfide) groups is 1. The van der Waals surface area contributed by atoms with Crippen LogP contribution in [0.4, 0.5) is 0 Å². The number of hydrogen-bond acceptors (Lipinski definition) is 8. The first-order valence-electron chi connectivity index (χ1n) is 8.87. The lowest BCUT2D eigenvalue weighted by Gasteiger charge is -2.21. The second-order valence-electron chi connectivity index (χ2n) is 6.05. The van der Waals surface area contributed by atoms with Crippen LogP contribution in [0.25, 0.3) is 0 Å². The number of pyridine rings is 1. The number of amides is 1. The highest BCUT2D eigenvalue weighted by Crippen LogP contribution is 2.23. The third-order valence-corrected chi connectivity index (χ3v) is 5.11.